The number of nitrogens with zero attached hydrogens (tertiary/aromatic N) is 3. The number of hydrogen-bond acceptors (Lipinski definition) is 5. The number of fused-ring (bicyclic) bond motifs is 2. The highest BCUT2D eigenvalue weighted by Gasteiger charge is 2.35. The molecule has 1 aliphatic rings. The summed E-state index contributed by atoms with van der Waals surface area (Å²) in [5.74, 6) is -0.314. The molecule has 0 aliphatic carbocycles. The molecule has 39 heavy (non-hydrogen) atoms. The predicted octanol–water partition coefficient (Wildman–Crippen LogP) is 4.23. The maximum atomic E-state index is 14.3. The summed E-state index contributed by atoms with van der Waals surface area (Å²) in [5, 5.41) is 8.29. The molecule has 0 saturated heterocycles. The van der Waals surface area contributed by atoms with Gasteiger partial charge in [-0.15, -0.1) is 0 Å². The van der Waals surface area contributed by atoms with Crippen LogP contribution in [0.4, 0.5) is 11.4 Å². The standard InChI is InChI=1S/C32H35N5O2/c1-22-14-15-25-10-4-5-11-26(25)27(22)20-37-30-13-7-6-12-29(30)36(18-16-24-9-8-17-34-19-24)21-28(32(37)39)35-31(38)23(2)33-3/h4-15,17,19,23,28,33H,16,18,20-21H2,1-3H3,(H,35,38). The number of aryl methyl sites for hydroxylation is 1. The Hall–Kier alpha value is -4.23. The zero-order chi connectivity index (χ0) is 27.4. The number of anilines is 2. The molecule has 2 heterocycles. The van der Waals surface area contributed by atoms with E-state index < -0.39 is 12.1 Å². The summed E-state index contributed by atoms with van der Waals surface area (Å²) in [7, 11) is 1.74. The van der Waals surface area contributed by atoms with E-state index in [2.05, 4.69) is 63.8 Å². The van der Waals surface area contributed by atoms with E-state index in [9.17, 15) is 9.59 Å². The fourth-order valence-corrected chi connectivity index (χ4v) is 5.20. The Kier molecular flexibility index (Phi) is 7.89. The lowest BCUT2D eigenvalue weighted by Gasteiger charge is -2.27. The number of pyridine rings is 1. The number of hydrogen-bond donors (Lipinski definition) is 2. The Morgan fingerprint density at radius 2 is 1.79 bits per heavy atom. The molecule has 0 radical (unpaired) electrons. The number of rotatable bonds is 8. The predicted molar refractivity (Wildman–Crippen MR) is 157 cm³/mol. The van der Waals surface area contributed by atoms with Crippen LogP contribution in [0.2, 0.25) is 0 Å². The third-order valence-electron chi connectivity index (χ3n) is 7.61. The number of likely N-dealkylation sites (N-methyl/N-ethyl adjacent to an activating group) is 1. The Morgan fingerprint density at radius 3 is 2.56 bits per heavy atom. The molecule has 7 nitrogen and oxygen atoms in total. The van der Waals surface area contributed by atoms with Gasteiger partial charge in [0.05, 0.1) is 24.0 Å². The summed E-state index contributed by atoms with van der Waals surface area (Å²) in [5.41, 5.74) is 5.18. The van der Waals surface area contributed by atoms with E-state index in [1.165, 1.54) is 0 Å². The SMILES string of the molecule is CNC(C)C(=O)NC1CN(CCc2cccnc2)c2ccccc2N(Cc2c(C)ccc3ccccc23)C1=O. The molecule has 200 valence electrons. The molecule has 1 aromatic heterocycles. The summed E-state index contributed by atoms with van der Waals surface area (Å²) >= 11 is 0. The molecule has 3 aromatic carbocycles. The molecule has 2 unspecified atom stereocenters. The van der Waals surface area contributed by atoms with Crippen LogP contribution in [0.5, 0.6) is 0 Å². The van der Waals surface area contributed by atoms with Gasteiger partial charge in [0.1, 0.15) is 6.04 Å². The van der Waals surface area contributed by atoms with Crippen LogP contribution in [0.1, 0.15) is 23.6 Å². The Morgan fingerprint density at radius 1 is 1.03 bits per heavy atom. The minimum Gasteiger partial charge on any atom is -0.367 e. The first-order chi connectivity index (χ1) is 19.0. The van der Waals surface area contributed by atoms with Gasteiger partial charge in [-0.05, 0) is 73.0 Å². The smallest absolute Gasteiger partial charge is 0.251 e. The number of carbonyl (C=O) groups is 2. The minimum absolute atomic E-state index is 0.115. The second-order valence-corrected chi connectivity index (χ2v) is 10.1. The second kappa shape index (κ2) is 11.7. The second-order valence-electron chi connectivity index (χ2n) is 10.1. The largest absolute Gasteiger partial charge is 0.367 e. The van der Waals surface area contributed by atoms with Gasteiger partial charge in [-0.2, -0.15) is 0 Å². The number of benzene rings is 3. The van der Waals surface area contributed by atoms with E-state index in [0.717, 1.165) is 45.3 Å². The van der Waals surface area contributed by atoms with E-state index in [1.54, 1.807) is 20.2 Å². The molecule has 7 heteroatoms. The van der Waals surface area contributed by atoms with Crippen molar-refractivity contribution in [2.24, 2.45) is 0 Å². The molecule has 2 N–H and O–H groups in total. The summed E-state index contributed by atoms with van der Waals surface area (Å²) < 4.78 is 0. The molecule has 0 saturated carbocycles. The van der Waals surface area contributed by atoms with Crippen molar-refractivity contribution in [3.63, 3.8) is 0 Å². The van der Waals surface area contributed by atoms with Gasteiger partial charge in [-0.3, -0.25) is 14.6 Å². The fourth-order valence-electron chi connectivity index (χ4n) is 5.20. The Bertz CT molecular complexity index is 1470. The first kappa shape index (κ1) is 26.4. The molecule has 0 spiro atoms. The van der Waals surface area contributed by atoms with E-state index in [-0.39, 0.29) is 11.8 Å². The highest BCUT2D eigenvalue weighted by molar-refractivity contribution is 6.04. The van der Waals surface area contributed by atoms with Gasteiger partial charge in [0.25, 0.3) is 5.91 Å². The summed E-state index contributed by atoms with van der Waals surface area (Å²) in [6, 6.07) is 23.4. The van der Waals surface area contributed by atoms with E-state index >= 15 is 0 Å². The zero-order valence-electron chi connectivity index (χ0n) is 22.7. The molecular weight excluding hydrogens is 486 g/mol. The minimum atomic E-state index is -0.704. The van der Waals surface area contributed by atoms with Crippen LogP contribution in [0.3, 0.4) is 0 Å². The topological polar surface area (TPSA) is 77.6 Å². The van der Waals surface area contributed by atoms with Crippen molar-refractivity contribution in [1.82, 2.24) is 15.6 Å². The highest BCUT2D eigenvalue weighted by atomic mass is 16.2. The molecule has 5 rings (SSSR count). The molecule has 1 aliphatic heterocycles. The van der Waals surface area contributed by atoms with Gasteiger partial charge in [0.15, 0.2) is 0 Å². The van der Waals surface area contributed by atoms with Gasteiger partial charge in [-0.25, -0.2) is 0 Å². The normalized spacial score (nSPS) is 16.1. The van der Waals surface area contributed by atoms with Crippen molar-refractivity contribution >= 4 is 34.0 Å². The van der Waals surface area contributed by atoms with Crippen molar-refractivity contribution < 1.29 is 9.59 Å². The zero-order valence-corrected chi connectivity index (χ0v) is 22.7. The summed E-state index contributed by atoms with van der Waals surface area (Å²) in [6.45, 7) is 5.36. The van der Waals surface area contributed by atoms with Crippen LogP contribution in [-0.2, 0) is 22.6 Å². The monoisotopic (exact) mass is 521 g/mol. The molecule has 0 fully saturated rings. The lowest BCUT2D eigenvalue weighted by atomic mass is 9.99. The van der Waals surface area contributed by atoms with Crippen molar-refractivity contribution in [2.45, 2.75) is 38.9 Å². The fraction of sp³-hybridized carbons (Fsp3) is 0.281. The maximum Gasteiger partial charge on any atom is 0.251 e. The average Bonchev–Trinajstić information content (AvgIpc) is 3.08. The van der Waals surface area contributed by atoms with E-state index in [4.69, 9.17) is 0 Å². The summed E-state index contributed by atoms with van der Waals surface area (Å²) in [4.78, 5) is 35.6. The van der Waals surface area contributed by atoms with Gasteiger partial charge >= 0.3 is 0 Å². The number of para-hydroxylation sites is 2. The quantitative estimate of drug-likeness (QED) is 0.363. The van der Waals surface area contributed by atoms with Crippen LogP contribution >= 0.6 is 0 Å². The van der Waals surface area contributed by atoms with E-state index in [0.29, 0.717) is 19.6 Å². The van der Waals surface area contributed by atoms with Gasteiger partial charge in [0, 0.05) is 25.5 Å². The molecule has 2 atom stereocenters. The summed E-state index contributed by atoms with van der Waals surface area (Å²) in [6.07, 6.45) is 4.41. The first-order valence-electron chi connectivity index (χ1n) is 13.5. The maximum absolute atomic E-state index is 14.3. The van der Waals surface area contributed by atoms with Crippen molar-refractivity contribution in [2.75, 3.05) is 29.9 Å². The number of carbonyl (C=O) groups excluding carboxylic acids is 2. The third kappa shape index (κ3) is 5.64. The van der Waals surface area contributed by atoms with Gasteiger partial charge in [0.2, 0.25) is 5.91 Å². The van der Waals surface area contributed by atoms with Gasteiger partial charge < -0.3 is 20.4 Å². The molecular formula is C32H35N5O2. The third-order valence-corrected chi connectivity index (χ3v) is 7.61. The number of aromatic nitrogens is 1. The van der Waals surface area contributed by atoms with Crippen LogP contribution < -0.4 is 20.4 Å². The lowest BCUT2D eigenvalue weighted by Crippen LogP contribution is -2.55. The van der Waals surface area contributed by atoms with Crippen molar-refractivity contribution in [3.05, 3.63) is 102 Å². The van der Waals surface area contributed by atoms with Crippen LogP contribution in [0.15, 0.2) is 85.2 Å². The first-order valence-corrected chi connectivity index (χ1v) is 13.5. The van der Waals surface area contributed by atoms with E-state index in [1.807, 2.05) is 47.5 Å². The van der Waals surface area contributed by atoms with Crippen LogP contribution in [-0.4, -0.2) is 49.0 Å². The number of amides is 2. The van der Waals surface area contributed by atoms with Crippen molar-refractivity contribution in [3.8, 4) is 0 Å². The number of nitrogens with one attached hydrogen (secondary N) is 2. The lowest BCUT2D eigenvalue weighted by molar-refractivity contribution is -0.128. The molecule has 2 amide bonds. The highest BCUT2D eigenvalue weighted by Crippen LogP contribution is 2.35. The van der Waals surface area contributed by atoms with Crippen LogP contribution in [0.25, 0.3) is 10.8 Å². The molecule has 0 bridgehead atoms. The molecule has 4 aromatic rings. The average molecular weight is 522 g/mol. The van der Waals surface area contributed by atoms with Crippen molar-refractivity contribution in [1.29, 1.82) is 0 Å². The Balaban J connectivity index is 1.56. The van der Waals surface area contributed by atoms with Crippen LogP contribution in [0, 0.1) is 6.92 Å². The van der Waals surface area contributed by atoms with Gasteiger partial charge in [-0.1, -0.05) is 54.6 Å². The Labute approximate surface area is 229 Å².